The number of amides is 2. The molecule has 1 aromatic carbocycles. The molecule has 4 N–H and O–H groups in total. The molecule has 0 aromatic heterocycles. The first-order valence-corrected chi connectivity index (χ1v) is 7.10. The minimum Gasteiger partial charge on any atom is -0.395 e. The average Bonchev–Trinajstić information content (AvgIpc) is 2.43. The molecule has 1 rings (SSSR count). The smallest absolute Gasteiger partial charge is 0.321 e. The summed E-state index contributed by atoms with van der Waals surface area (Å²) in [6.45, 7) is 4.94. The van der Waals surface area contributed by atoms with Gasteiger partial charge in [-0.05, 0) is 31.0 Å². The van der Waals surface area contributed by atoms with Gasteiger partial charge in [0, 0.05) is 24.8 Å². The second kappa shape index (κ2) is 8.55. The molecule has 0 aliphatic rings. The molecule has 20 heavy (non-hydrogen) atoms. The number of rotatable bonds is 7. The number of nitrogens with one attached hydrogen (secondary N) is 1. The fourth-order valence-electron chi connectivity index (χ4n) is 1.89. The first-order chi connectivity index (χ1) is 9.58. The maximum atomic E-state index is 12.2. The summed E-state index contributed by atoms with van der Waals surface area (Å²) in [7, 11) is 0. The molecule has 1 atom stereocenters. The van der Waals surface area contributed by atoms with Crippen LogP contribution in [-0.4, -0.2) is 35.7 Å². The Morgan fingerprint density at radius 3 is 2.80 bits per heavy atom. The zero-order valence-corrected chi connectivity index (χ0v) is 12.3. The monoisotopic (exact) mass is 279 g/mol. The molecule has 2 amide bonds. The average molecular weight is 279 g/mol. The lowest BCUT2D eigenvalue weighted by Gasteiger charge is -2.22. The lowest BCUT2D eigenvalue weighted by Crippen LogP contribution is -2.37. The number of nitrogens with zero attached hydrogens (tertiary/aromatic N) is 1. The molecule has 112 valence electrons. The van der Waals surface area contributed by atoms with E-state index in [9.17, 15) is 4.79 Å². The molecular formula is C15H25N3O2. The minimum atomic E-state index is -0.186. The van der Waals surface area contributed by atoms with Gasteiger partial charge in [-0.25, -0.2) is 4.79 Å². The van der Waals surface area contributed by atoms with Crippen molar-refractivity contribution in [3.05, 3.63) is 29.8 Å². The van der Waals surface area contributed by atoms with Gasteiger partial charge >= 0.3 is 6.03 Å². The highest BCUT2D eigenvalue weighted by molar-refractivity contribution is 5.89. The quantitative estimate of drug-likeness (QED) is 0.716. The van der Waals surface area contributed by atoms with E-state index in [1.165, 1.54) is 0 Å². The van der Waals surface area contributed by atoms with E-state index >= 15 is 0 Å². The van der Waals surface area contributed by atoms with Crippen LogP contribution in [-0.2, 0) is 0 Å². The number of carbonyl (C=O) groups excluding carboxylic acids is 1. The molecule has 5 heteroatoms. The van der Waals surface area contributed by atoms with Crippen molar-refractivity contribution in [3.8, 4) is 0 Å². The van der Waals surface area contributed by atoms with Gasteiger partial charge in [0.2, 0.25) is 0 Å². The fraction of sp³-hybridized carbons (Fsp3) is 0.533. The van der Waals surface area contributed by atoms with Crippen molar-refractivity contribution in [1.82, 2.24) is 4.90 Å². The Kier molecular flexibility index (Phi) is 7.04. The van der Waals surface area contributed by atoms with E-state index < -0.39 is 0 Å². The fourth-order valence-corrected chi connectivity index (χ4v) is 1.89. The third-order valence-electron chi connectivity index (χ3n) is 3.10. The zero-order chi connectivity index (χ0) is 15.0. The number of carbonyl (C=O) groups is 1. The van der Waals surface area contributed by atoms with Gasteiger partial charge in [-0.1, -0.05) is 25.5 Å². The Morgan fingerprint density at radius 1 is 1.45 bits per heavy atom. The molecule has 0 saturated carbocycles. The van der Waals surface area contributed by atoms with Gasteiger partial charge in [-0.15, -0.1) is 0 Å². The molecule has 0 bridgehead atoms. The molecule has 0 spiro atoms. The summed E-state index contributed by atoms with van der Waals surface area (Å²) in [6, 6.07) is 7.26. The molecule has 1 unspecified atom stereocenters. The van der Waals surface area contributed by atoms with E-state index in [1.807, 2.05) is 31.2 Å². The van der Waals surface area contributed by atoms with E-state index in [0.717, 1.165) is 24.1 Å². The number of urea groups is 1. The summed E-state index contributed by atoms with van der Waals surface area (Å²) in [4.78, 5) is 13.8. The summed E-state index contributed by atoms with van der Waals surface area (Å²) in [5.41, 5.74) is 7.53. The van der Waals surface area contributed by atoms with E-state index in [2.05, 4.69) is 12.2 Å². The first kappa shape index (κ1) is 16.5. The number of hydrogen-bond acceptors (Lipinski definition) is 3. The SMILES string of the molecule is CCCCN(CCO)C(=O)Nc1cccc(C(C)N)c1. The third kappa shape index (κ3) is 5.19. The standard InChI is InChI=1S/C15H25N3O2/c1-3-4-8-18(9-10-19)15(20)17-14-7-5-6-13(11-14)12(2)16/h5-7,11-12,19H,3-4,8-10,16H2,1-2H3,(H,17,20). The molecule has 0 radical (unpaired) electrons. The summed E-state index contributed by atoms with van der Waals surface area (Å²) in [6.07, 6.45) is 1.93. The molecular weight excluding hydrogens is 254 g/mol. The minimum absolute atomic E-state index is 0.0307. The molecule has 0 aliphatic heterocycles. The number of nitrogens with two attached hydrogens (primary N) is 1. The van der Waals surface area contributed by atoms with Crippen LogP contribution < -0.4 is 11.1 Å². The number of aliphatic hydroxyl groups is 1. The Morgan fingerprint density at radius 2 is 2.20 bits per heavy atom. The van der Waals surface area contributed by atoms with Gasteiger partial charge in [0.25, 0.3) is 0 Å². The van der Waals surface area contributed by atoms with Crippen LogP contribution in [0, 0.1) is 0 Å². The number of anilines is 1. The van der Waals surface area contributed by atoms with Gasteiger partial charge in [0.05, 0.1) is 6.61 Å². The first-order valence-electron chi connectivity index (χ1n) is 7.10. The molecule has 0 aliphatic carbocycles. The Hall–Kier alpha value is -1.59. The van der Waals surface area contributed by atoms with Crippen LogP contribution in [0.3, 0.4) is 0 Å². The van der Waals surface area contributed by atoms with E-state index in [0.29, 0.717) is 13.1 Å². The second-order valence-electron chi connectivity index (χ2n) is 4.91. The van der Waals surface area contributed by atoms with Crippen LogP contribution in [0.5, 0.6) is 0 Å². The van der Waals surface area contributed by atoms with Crippen molar-refractivity contribution < 1.29 is 9.90 Å². The molecule has 0 heterocycles. The highest BCUT2D eigenvalue weighted by Gasteiger charge is 2.12. The lowest BCUT2D eigenvalue weighted by molar-refractivity contribution is 0.187. The van der Waals surface area contributed by atoms with Crippen molar-refractivity contribution >= 4 is 11.7 Å². The van der Waals surface area contributed by atoms with Crippen LogP contribution in [0.4, 0.5) is 10.5 Å². The van der Waals surface area contributed by atoms with E-state index in [1.54, 1.807) is 4.90 Å². The van der Waals surface area contributed by atoms with Crippen molar-refractivity contribution in [1.29, 1.82) is 0 Å². The van der Waals surface area contributed by atoms with E-state index in [4.69, 9.17) is 10.8 Å². The predicted octanol–water partition coefficient (Wildman–Crippen LogP) is 2.33. The predicted molar refractivity (Wildman–Crippen MR) is 81.6 cm³/mol. The van der Waals surface area contributed by atoms with Crippen LogP contribution >= 0.6 is 0 Å². The van der Waals surface area contributed by atoms with Crippen molar-refractivity contribution in [2.75, 3.05) is 25.0 Å². The Labute approximate surface area is 120 Å². The maximum absolute atomic E-state index is 12.2. The van der Waals surface area contributed by atoms with E-state index in [-0.39, 0.29) is 18.7 Å². The third-order valence-corrected chi connectivity index (χ3v) is 3.10. The molecule has 0 saturated heterocycles. The van der Waals surface area contributed by atoms with Gasteiger partial charge in [0.15, 0.2) is 0 Å². The second-order valence-corrected chi connectivity index (χ2v) is 4.91. The highest BCUT2D eigenvalue weighted by atomic mass is 16.3. The van der Waals surface area contributed by atoms with Gasteiger partial charge < -0.3 is 21.1 Å². The summed E-state index contributed by atoms with van der Waals surface area (Å²) < 4.78 is 0. The molecule has 5 nitrogen and oxygen atoms in total. The summed E-state index contributed by atoms with van der Waals surface area (Å²) >= 11 is 0. The van der Waals surface area contributed by atoms with Gasteiger partial charge in [-0.3, -0.25) is 0 Å². The van der Waals surface area contributed by atoms with Crippen LogP contribution in [0.15, 0.2) is 24.3 Å². The number of benzene rings is 1. The summed E-state index contributed by atoms with van der Waals surface area (Å²) in [5, 5.41) is 11.9. The van der Waals surface area contributed by atoms with Crippen molar-refractivity contribution in [2.45, 2.75) is 32.7 Å². The summed E-state index contributed by atoms with van der Waals surface area (Å²) in [5.74, 6) is 0. The van der Waals surface area contributed by atoms with Crippen LogP contribution in [0.2, 0.25) is 0 Å². The Balaban J connectivity index is 2.69. The zero-order valence-electron chi connectivity index (χ0n) is 12.3. The highest BCUT2D eigenvalue weighted by Crippen LogP contribution is 2.16. The van der Waals surface area contributed by atoms with Gasteiger partial charge in [-0.2, -0.15) is 0 Å². The maximum Gasteiger partial charge on any atom is 0.321 e. The van der Waals surface area contributed by atoms with Crippen molar-refractivity contribution in [2.24, 2.45) is 5.73 Å². The number of aliphatic hydroxyl groups excluding tert-OH is 1. The largest absolute Gasteiger partial charge is 0.395 e. The number of hydrogen-bond donors (Lipinski definition) is 3. The Bertz CT molecular complexity index is 421. The van der Waals surface area contributed by atoms with Crippen molar-refractivity contribution in [3.63, 3.8) is 0 Å². The lowest BCUT2D eigenvalue weighted by atomic mass is 10.1. The van der Waals surface area contributed by atoms with Crippen LogP contribution in [0.25, 0.3) is 0 Å². The molecule has 1 aromatic rings. The molecule has 0 fully saturated rings. The topological polar surface area (TPSA) is 78.6 Å². The normalized spacial score (nSPS) is 12.0. The number of unbranched alkanes of at least 4 members (excludes halogenated alkanes) is 1. The van der Waals surface area contributed by atoms with Gasteiger partial charge in [0.1, 0.15) is 0 Å². The van der Waals surface area contributed by atoms with Crippen LogP contribution in [0.1, 0.15) is 38.3 Å².